The van der Waals surface area contributed by atoms with E-state index in [0.29, 0.717) is 27.9 Å². The number of rotatable bonds is 5. The average molecular weight is 521 g/mol. The fraction of sp³-hybridized carbons (Fsp3) is 0.185. The highest BCUT2D eigenvalue weighted by atomic mass is 35.5. The minimum absolute atomic E-state index is 0.0511. The van der Waals surface area contributed by atoms with Crippen molar-refractivity contribution < 1.29 is 14.0 Å². The Balaban J connectivity index is 1.33. The standard InChI is InChI=1S/C27H22ClFN4O2S/c1-16-13-20(11-12-21(16)29)30-25(34)15-24-26(35)31-27(36-24)33-23(18-5-3-2-4-6-18)14-22(32-33)17-7-9-19(28)10-8-17/h2-13,23-24H,14-15H2,1H3,(H,30,34)/t23-,24+/m1/s1. The summed E-state index contributed by atoms with van der Waals surface area (Å²) >= 11 is 7.29. The first-order valence-electron chi connectivity index (χ1n) is 11.4. The lowest BCUT2D eigenvalue weighted by Gasteiger charge is -2.23. The number of halogens is 2. The van der Waals surface area contributed by atoms with Crippen molar-refractivity contribution in [2.45, 2.75) is 31.1 Å². The molecule has 1 N–H and O–H groups in total. The molecule has 0 bridgehead atoms. The first-order valence-corrected chi connectivity index (χ1v) is 12.7. The number of carbonyl (C=O) groups is 2. The first kappa shape index (κ1) is 24.2. The smallest absolute Gasteiger partial charge is 0.262 e. The number of hydrazone groups is 1. The molecule has 0 saturated heterocycles. The van der Waals surface area contributed by atoms with E-state index in [2.05, 4.69) is 10.3 Å². The van der Waals surface area contributed by atoms with Crippen molar-refractivity contribution in [3.63, 3.8) is 0 Å². The minimum Gasteiger partial charge on any atom is -0.326 e. The lowest BCUT2D eigenvalue weighted by Crippen LogP contribution is -2.25. The van der Waals surface area contributed by atoms with E-state index in [4.69, 9.17) is 16.7 Å². The Kier molecular flexibility index (Phi) is 6.89. The first-order chi connectivity index (χ1) is 17.4. The van der Waals surface area contributed by atoms with Crippen LogP contribution in [0.25, 0.3) is 0 Å². The van der Waals surface area contributed by atoms with E-state index in [9.17, 15) is 14.0 Å². The molecule has 0 saturated carbocycles. The number of benzene rings is 3. The molecule has 182 valence electrons. The van der Waals surface area contributed by atoms with Crippen molar-refractivity contribution in [1.82, 2.24) is 5.01 Å². The van der Waals surface area contributed by atoms with E-state index in [0.717, 1.165) is 16.8 Å². The van der Waals surface area contributed by atoms with Gasteiger partial charge in [0.1, 0.15) is 11.1 Å². The fourth-order valence-electron chi connectivity index (χ4n) is 4.15. The maximum atomic E-state index is 13.5. The SMILES string of the molecule is Cc1cc(NC(=O)C[C@@H]2SC(N3N=C(c4ccc(Cl)cc4)C[C@@H]3c3ccccc3)=NC2=O)ccc1F. The van der Waals surface area contributed by atoms with E-state index < -0.39 is 5.25 Å². The quantitative estimate of drug-likeness (QED) is 0.450. The minimum atomic E-state index is -0.659. The van der Waals surface area contributed by atoms with Crippen LogP contribution < -0.4 is 5.32 Å². The van der Waals surface area contributed by atoms with Crippen molar-refractivity contribution in [2.24, 2.45) is 10.1 Å². The third-order valence-electron chi connectivity index (χ3n) is 6.01. The molecule has 2 heterocycles. The molecule has 9 heteroatoms. The molecule has 0 aromatic heterocycles. The monoisotopic (exact) mass is 520 g/mol. The molecule has 0 aliphatic carbocycles. The number of amides is 2. The molecule has 5 rings (SSSR count). The molecule has 2 aliphatic rings. The van der Waals surface area contributed by atoms with Crippen molar-refractivity contribution in [2.75, 3.05) is 5.32 Å². The van der Waals surface area contributed by atoms with Crippen molar-refractivity contribution >= 4 is 51.7 Å². The number of nitrogens with one attached hydrogen (secondary N) is 1. The summed E-state index contributed by atoms with van der Waals surface area (Å²) < 4.78 is 13.5. The highest BCUT2D eigenvalue weighted by Crippen LogP contribution is 2.38. The zero-order chi connectivity index (χ0) is 25.2. The number of aryl methyl sites for hydroxylation is 1. The molecule has 0 spiro atoms. The molecule has 0 radical (unpaired) electrons. The summed E-state index contributed by atoms with van der Waals surface area (Å²) in [7, 11) is 0. The van der Waals surface area contributed by atoms with Gasteiger partial charge in [-0.2, -0.15) is 10.1 Å². The fourth-order valence-corrected chi connectivity index (χ4v) is 5.33. The van der Waals surface area contributed by atoms with E-state index in [1.54, 1.807) is 18.0 Å². The van der Waals surface area contributed by atoms with E-state index in [1.165, 1.54) is 23.9 Å². The molecule has 0 unspecified atom stereocenters. The third-order valence-corrected chi connectivity index (χ3v) is 7.40. The van der Waals surface area contributed by atoms with Gasteiger partial charge < -0.3 is 5.32 Å². The van der Waals surface area contributed by atoms with Gasteiger partial charge in [0.2, 0.25) is 5.91 Å². The summed E-state index contributed by atoms with van der Waals surface area (Å²) in [6.07, 6.45) is 0.582. The average Bonchev–Trinajstić information content (AvgIpc) is 3.46. The van der Waals surface area contributed by atoms with Crippen molar-refractivity contribution in [3.05, 3.63) is 100 Å². The van der Waals surface area contributed by atoms with Gasteiger partial charge in [-0.15, -0.1) is 0 Å². The van der Waals surface area contributed by atoms with Crippen LogP contribution in [0.2, 0.25) is 5.02 Å². The van der Waals surface area contributed by atoms with Crippen LogP contribution in [0, 0.1) is 12.7 Å². The normalized spacial score (nSPS) is 19.3. The number of aliphatic imine (C=N–C) groups is 1. The largest absolute Gasteiger partial charge is 0.326 e. The highest BCUT2D eigenvalue weighted by molar-refractivity contribution is 8.15. The Labute approximate surface area is 217 Å². The van der Waals surface area contributed by atoms with E-state index in [1.807, 2.05) is 54.6 Å². The van der Waals surface area contributed by atoms with Crippen LogP contribution in [0.4, 0.5) is 10.1 Å². The lowest BCUT2D eigenvalue weighted by molar-refractivity contribution is -0.121. The Morgan fingerprint density at radius 3 is 2.61 bits per heavy atom. The van der Waals surface area contributed by atoms with Gasteiger partial charge in [0.15, 0.2) is 5.17 Å². The van der Waals surface area contributed by atoms with Crippen molar-refractivity contribution in [3.8, 4) is 0 Å². The zero-order valence-electron chi connectivity index (χ0n) is 19.3. The topological polar surface area (TPSA) is 74.1 Å². The van der Waals surface area contributed by atoms with Crippen LogP contribution in [-0.2, 0) is 9.59 Å². The van der Waals surface area contributed by atoms with Gasteiger partial charge in [0, 0.05) is 23.6 Å². The molecule has 0 fully saturated rings. The molecule has 6 nitrogen and oxygen atoms in total. The Morgan fingerprint density at radius 1 is 1.14 bits per heavy atom. The summed E-state index contributed by atoms with van der Waals surface area (Å²) in [5.74, 6) is -1.05. The van der Waals surface area contributed by atoms with E-state index in [-0.39, 0.29) is 30.1 Å². The lowest BCUT2D eigenvalue weighted by atomic mass is 9.99. The summed E-state index contributed by atoms with van der Waals surface area (Å²) in [4.78, 5) is 29.6. The van der Waals surface area contributed by atoms with Crippen LogP contribution in [0.1, 0.15) is 35.6 Å². The second-order valence-electron chi connectivity index (χ2n) is 8.58. The van der Waals surface area contributed by atoms with Gasteiger partial charge in [0.05, 0.1) is 11.8 Å². The van der Waals surface area contributed by atoms with Crippen LogP contribution in [0.5, 0.6) is 0 Å². The molecule has 36 heavy (non-hydrogen) atoms. The number of hydrogen-bond donors (Lipinski definition) is 1. The van der Waals surface area contributed by atoms with Crippen LogP contribution in [0.3, 0.4) is 0 Å². The van der Waals surface area contributed by atoms with Gasteiger partial charge in [-0.1, -0.05) is 65.8 Å². The summed E-state index contributed by atoms with van der Waals surface area (Å²) in [6.45, 7) is 1.62. The number of nitrogens with zero attached hydrogens (tertiary/aromatic N) is 3. The predicted octanol–water partition coefficient (Wildman–Crippen LogP) is 5.97. The van der Waals surface area contributed by atoms with Gasteiger partial charge in [-0.3, -0.25) is 9.59 Å². The van der Waals surface area contributed by atoms with Crippen LogP contribution >= 0.6 is 23.4 Å². The van der Waals surface area contributed by atoms with Gasteiger partial charge in [-0.05, 0) is 53.9 Å². The second kappa shape index (κ2) is 10.2. The van der Waals surface area contributed by atoms with Gasteiger partial charge in [-0.25, -0.2) is 9.40 Å². The van der Waals surface area contributed by atoms with Crippen LogP contribution in [-0.4, -0.2) is 33.0 Å². The number of carbonyl (C=O) groups excluding carboxylic acids is 2. The summed E-state index contributed by atoms with van der Waals surface area (Å²) in [6, 6.07) is 21.6. The second-order valence-corrected chi connectivity index (χ2v) is 10.2. The van der Waals surface area contributed by atoms with Crippen LogP contribution in [0.15, 0.2) is 82.9 Å². The Morgan fingerprint density at radius 2 is 1.89 bits per heavy atom. The maximum Gasteiger partial charge on any atom is 0.262 e. The molecule has 2 amide bonds. The Hall–Kier alpha value is -3.49. The number of hydrogen-bond acceptors (Lipinski definition) is 5. The molecule has 2 aliphatic heterocycles. The number of anilines is 1. The Bertz CT molecular complexity index is 1380. The van der Waals surface area contributed by atoms with Gasteiger partial charge in [0.25, 0.3) is 5.91 Å². The molecule has 3 aromatic rings. The molecular formula is C27H22ClFN4O2S. The molecule has 3 aromatic carbocycles. The highest BCUT2D eigenvalue weighted by Gasteiger charge is 2.39. The number of thioether (sulfide) groups is 1. The maximum absolute atomic E-state index is 13.5. The predicted molar refractivity (Wildman–Crippen MR) is 142 cm³/mol. The van der Waals surface area contributed by atoms with E-state index >= 15 is 0 Å². The molecular weight excluding hydrogens is 499 g/mol. The van der Waals surface area contributed by atoms with Gasteiger partial charge >= 0.3 is 0 Å². The summed E-state index contributed by atoms with van der Waals surface area (Å²) in [5, 5.41) is 9.80. The number of amidine groups is 1. The van der Waals surface area contributed by atoms with Crippen molar-refractivity contribution in [1.29, 1.82) is 0 Å². The summed E-state index contributed by atoms with van der Waals surface area (Å²) in [5.41, 5.74) is 3.78. The zero-order valence-corrected chi connectivity index (χ0v) is 20.9. The molecule has 2 atom stereocenters. The third kappa shape index (κ3) is 5.20.